The van der Waals surface area contributed by atoms with Crippen molar-refractivity contribution in [3.05, 3.63) is 0 Å². The molecule has 0 bridgehead atoms. The molecule has 0 aromatic rings. The zero-order valence-electron chi connectivity index (χ0n) is 9.48. The highest BCUT2D eigenvalue weighted by Gasteiger charge is 1.90. The minimum atomic E-state index is 0.607. The van der Waals surface area contributed by atoms with Crippen LogP contribution in [-0.2, 0) is 0 Å². The molecule has 0 unspecified atom stereocenters. The van der Waals surface area contributed by atoms with Gasteiger partial charge >= 0.3 is 0 Å². The van der Waals surface area contributed by atoms with Gasteiger partial charge in [-0.25, -0.2) is 0 Å². The van der Waals surface area contributed by atoms with E-state index < -0.39 is 0 Å². The van der Waals surface area contributed by atoms with Gasteiger partial charge < -0.3 is 5.11 Å². The quantitative estimate of drug-likeness (QED) is 0.501. The number of hydrogen-bond donors (Lipinski definition) is 1. The van der Waals surface area contributed by atoms with E-state index in [9.17, 15) is 0 Å². The maximum atomic E-state index is 6.50. The van der Waals surface area contributed by atoms with Gasteiger partial charge in [-0.05, 0) is 6.42 Å². The lowest BCUT2D eigenvalue weighted by Crippen LogP contribution is -1.84. The van der Waals surface area contributed by atoms with Gasteiger partial charge in [-0.1, -0.05) is 58.3 Å². The molecule has 0 amide bonds. The smallest absolute Gasteiger partial charge is 0.210 e. The van der Waals surface area contributed by atoms with Crippen molar-refractivity contribution < 1.29 is 5.11 Å². The van der Waals surface area contributed by atoms with Crippen molar-refractivity contribution in [3.8, 4) is 0 Å². The Morgan fingerprint density at radius 3 is 1.83 bits per heavy atom. The average molecular weight is 173 g/mol. The number of unbranched alkanes of at least 4 members (excludes halogenated alkanes) is 8. The van der Waals surface area contributed by atoms with E-state index in [2.05, 4.69) is 12.0 Å². The first-order chi connectivity index (χ1) is 6.41. The van der Waals surface area contributed by atoms with E-state index in [-0.39, 0.29) is 0 Å². The Morgan fingerprint density at radius 1 is 0.833 bits per heavy atom. The van der Waals surface area contributed by atoms with Crippen LogP contribution >= 0.6 is 0 Å². The fourth-order valence-corrected chi connectivity index (χ4v) is 1.41. The monoisotopic (exact) mass is 173 g/mol. The second-order valence-corrected chi connectivity index (χ2v) is 3.53. The molecule has 0 aromatic heterocycles. The molecule has 12 heavy (non-hydrogen) atoms. The lowest BCUT2D eigenvalue weighted by molar-refractivity contribution is 0.282. The summed E-state index contributed by atoms with van der Waals surface area (Å²) in [6, 6.07) is 0. The van der Waals surface area contributed by atoms with Gasteiger partial charge in [0.15, 0.2) is 0 Å². The van der Waals surface area contributed by atoms with Crippen LogP contribution in [-0.4, -0.2) is 13.1 Å². The van der Waals surface area contributed by atoms with E-state index in [0.717, 1.165) is 6.42 Å². The summed E-state index contributed by atoms with van der Waals surface area (Å²) in [5.74, 6) is 0. The van der Waals surface area contributed by atoms with Crippen LogP contribution in [0.25, 0.3) is 0 Å². The molecular weight excluding hydrogens is 148 g/mol. The molecule has 1 nitrogen and oxygen atoms in total. The van der Waals surface area contributed by atoms with Crippen molar-refractivity contribution in [2.75, 3.05) is 6.61 Å². The first-order valence-electron chi connectivity index (χ1n) is 5.90. The predicted molar refractivity (Wildman–Crippen MR) is 54.3 cm³/mol. The molecule has 74 valence electrons. The fraction of sp³-hybridized carbons (Fsp3) is 1.00. The van der Waals surface area contributed by atoms with Crippen LogP contribution < -0.4 is 0 Å². The zero-order chi connectivity index (χ0) is 9.78. The topological polar surface area (TPSA) is 20.2 Å². The molecule has 0 aliphatic heterocycles. The third-order valence-electron chi connectivity index (χ3n) is 2.25. The van der Waals surface area contributed by atoms with Crippen molar-refractivity contribution in [2.45, 2.75) is 64.7 Å². The molecule has 0 atom stereocenters. The molecule has 0 fully saturated rings. The molecule has 0 aliphatic carbocycles. The molecule has 1 N–H and O–H groups in total. The second-order valence-electron chi connectivity index (χ2n) is 3.53. The van der Waals surface area contributed by atoms with Gasteiger partial charge in [-0.15, -0.1) is 0 Å². The maximum Gasteiger partial charge on any atom is 0.210 e. The molecule has 0 rings (SSSR count). The zero-order valence-corrected chi connectivity index (χ0v) is 8.48. The molecule has 0 aromatic carbocycles. The van der Waals surface area contributed by atoms with Crippen molar-refractivity contribution in [1.82, 2.24) is 0 Å². The van der Waals surface area contributed by atoms with Gasteiger partial charge in [0.05, 0.1) is 0 Å². The van der Waals surface area contributed by atoms with Crippen LogP contribution in [0.5, 0.6) is 0 Å². The standard InChI is InChI=1S/C11H24O/c1-2-3-4-5-6-7-8-9-10-11-12/h12H,2-11H2,1H3/i12D. The summed E-state index contributed by atoms with van der Waals surface area (Å²) in [6.45, 7) is 2.86. The summed E-state index contributed by atoms with van der Waals surface area (Å²) in [7, 11) is 0. The van der Waals surface area contributed by atoms with Gasteiger partial charge in [0.1, 0.15) is 0 Å². The first-order valence-corrected chi connectivity index (χ1v) is 5.50. The Bertz CT molecular complexity index is 76.2. The van der Waals surface area contributed by atoms with E-state index in [1.54, 1.807) is 0 Å². The summed E-state index contributed by atoms with van der Waals surface area (Å²) in [6.07, 6.45) is 11.9. The summed E-state index contributed by atoms with van der Waals surface area (Å²) in [5.41, 5.74) is 0. The summed E-state index contributed by atoms with van der Waals surface area (Å²) >= 11 is 0. The Morgan fingerprint density at radius 2 is 1.33 bits per heavy atom. The number of aliphatic hydroxyl groups excluding tert-OH is 1. The van der Waals surface area contributed by atoms with Crippen molar-refractivity contribution in [1.29, 1.82) is 1.43 Å². The van der Waals surface area contributed by atoms with Crippen molar-refractivity contribution >= 4 is 0 Å². The second kappa shape index (κ2) is 11.0. The number of aliphatic hydroxyl groups is 1. The number of rotatable bonds is 10. The van der Waals surface area contributed by atoms with Crippen molar-refractivity contribution in [2.24, 2.45) is 0 Å². The average Bonchev–Trinajstić information content (AvgIpc) is 2.16. The van der Waals surface area contributed by atoms with E-state index in [1.165, 1.54) is 51.4 Å². The highest BCUT2D eigenvalue weighted by molar-refractivity contribution is 4.45. The van der Waals surface area contributed by atoms with Gasteiger partial charge in [-0.2, -0.15) is 0 Å². The van der Waals surface area contributed by atoms with Crippen molar-refractivity contribution in [3.63, 3.8) is 0 Å². The largest absolute Gasteiger partial charge is 0.396 e. The molecule has 1 heteroatoms. The third kappa shape index (κ3) is 9.96. The van der Waals surface area contributed by atoms with Crippen LogP contribution in [0.2, 0.25) is 0 Å². The number of hydrogen-bond acceptors (Lipinski definition) is 1. The van der Waals surface area contributed by atoms with Crippen LogP contribution in [0.15, 0.2) is 0 Å². The normalized spacial score (nSPS) is 11.6. The lowest BCUT2D eigenvalue weighted by atomic mass is 10.1. The summed E-state index contributed by atoms with van der Waals surface area (Å²) in [5, 5.41) is 4.25. The molecule has 0 radical (unpaired) electrons. The molecule has 0 spiro atoms. The van der Waals surface area contributed by atoms with Crippen LogP contribution in [0.4, 0.5) is 0 Å². The van der Waals surface area contributed by atoms with Gasteiger partial charge in [0.2, 0.25) is 1.43 Å². The van der Waals surface area contributed by atoms with Crippen LogP contribution in [0.3, 0.4) is 0 Å². The Hall–Kier alpha value is -0.0400. The Labute approximate surface area is 78.7 Å². The predicted octanol–water partition coefficient (Wildman–Crippen LogP) is 3.51. The minimum Gasteiger partial charge on any atom is -0.396 e. The molecule has 0 saturated heterocycles. The van der Waals surface area contributed by atoms with Gasteiger partial charge in [0.25, 0.3) is 0 Å². The summed E-state index contributed by atoms with van der Waals surface area (Å²) in [4.78, 5) is 0. The van der Waals surface area contributed by atoms with Crippen LogP contribution in [0.1, 0.15) is 64.7 Å². The highest BCUT2D eigenvalue weighted by atomic mass is 16.2. The fourth-order valence-electron chi connectivity index (χ4n) is 1.41. The first kappa shape index (κ1) is 10.0. The molecular formula is C11H24O. The van der Waals surface area contributed by atoms with E-state index in [4.69, 9.17) is 1.43 Å². The molecule has 0 saturated carbocycles. The Kier molecular flexibility index (Phi) is 9.17. The van der Waals surface area contributed by atoms with Crippen LogP contribution in [0, 0.1) is 0 Å². The molecule has 0 heterocycles. The highest BCUT2D eigenvalue weighted by Crippen LogP contribution is 2.08. The minimum absolute atomic E-state index is 0.607. The van der Waals surface area contributed by atoms with E-state index in [0.29, 0.717) is 6.61 Å². The lowest BCUT2D eigenvalue weighted by Gasteiger charge is -1.99. The van der Waals surface area contributed by atoms with E-state index >= 15 is 0 Å². The van der Waals surface area contributed by atoms with Gasteiger partial charge in [0, 0.05) is 6.61 Å². The maximum absolute atomic E-state index is 6.50. The molecule has 0 aliphatic rings. The SMILES string of the molecule is [2H]OCCCCCCCCCCC. The third-order valence-corrected chi connectivity index (χ3v) is 2.25. The summed E-state index contributed by atoms with van der Waals surface area (Å²) < 4.78 is 6.50. The Balaban J connectivity index is 2.76. The van der Waals surface area contributed by atoms with E-state index in [1.807, 2.05) is 0 Å². The van der Waals surface area contributed by atoms with Gasteiger partial charge in [-0.3, -0.25) is 0 Å².